The standard InChI is InChI=1S/C12H9BrFNO2/c13-10-2-1-9(6-11(10)14)17-12-5-8(7-16)3-4-15-12/h1-6,16H,7H2. The zero-order valence-electron chi connectivity index (χ0n) is 8.73. The zero-order valence-corrected chi connectivity index (χ0v) is 10.3. The molecule has 0 atom stereocenters. The van der Waals surface area contributed by atoms with E-state index in [1.54, 1.807) is 24.3 Å². The SMILES string of the molecule is OCc1ccnc(Oc2ccc(Br)c(F)c2)c1. The second kappa shape index (κ2) is 5.25. The minimum Gasteiger partial charge on any atom is -0.439 e. The number of benzene rings is 1. The number of aliphatic hydroxyl groups excluding tert-OH is 1. The van der Waals surface area contributed by atoms with E-state index in [0.29, 0.717) is 21.7 Å². The van der Waals surface area contributed by atoms with Crippen molar-refractivity contribution in [3.05, 3.63) is 52.4 Å². The number of hydrogen-bond acceptors (Lipinski definition) is 3. The van der Waals surface area contributed by atoms with Crippen LogP contribution in [0.1, 0.15) is 5.56 Å². The highest BCUT2D eigenvalue weighted by molar-refractivity contribution is 9.10. The van der Waals surface area contributed by atoms with Crippen LogP contribution >= 0.6 is 15.9 Å². The third-order valence-electron chi connectivity index (χ3n) is 2.10. The zero-order chi connectivity index (χ0) is 12.3. The molecule has 1 aromatic heterocycles. The fourth-order valence-electron chi connectivity index (χ4n) is 1.27. The van der Waals surface area contributed by atoms with E-state index >= 15 is 0 Å². The largest absolute Gasteiger partial charge is 0.439 e. The minimum absolute atomic E-state index is 0.0897. The fourth-order valence-corrected chi connectivity index (χ4v) is 1.51. The molecule has 5 heteroatoms. The van der Waals surface area contributed by atoms with Crippen LogP contribution in [-0.2, 0) is 6.61 Å². The number of aromatic nitrogens is 1. The summed E-state index contributed by atoms with van der Waals surface area (Å²) in [6.45, 7) is -0.0897. The number of pyridine rings is 1. The molecule has 0 aliphatic rings. The van der Waals surface area contributed by atoms with Gasteiger partial charge in [-0.25, -0.2) is 9.37 Å². The Hall–Kier alpha value is -1.46. The lowest BCUT2D eigenvalue weighted by atomic mass is 10.3. The van der Waals surface area contributed by atoms with E-state index in [1.807, 2.05) is 0 Å². The topological polar surface area (TPSA) is 42.4 Å². The summed E-state index contributed by atoms with van der Waals surface area (Å²) in [7, 11) is 0. The van der Waals surface area contributed by atoms with E-state index in [9.17, 15) is 4.39 Å². The van der Waals surface area contributed by atoms with Crippen molar-refractivity contribution in [1.82, 2.24) is 4.98 Å². The molecule has 0 amide bonds. The van der Waals surface area contributed by atoms with Gasteiger partial charge < -0.3 is 9.84 Å². The van der Waals surface area contributed by atoms with E-state index in [-0.39, 0.29) is 6.61 Å². The minimum atomic E-state index is -0.402. The Balaban J connectivity index is 2.22. The molecular formula is C12H9BrFNO2. The molecule has 0 aliphatic carbocycles. The molecule has 1 aromatic carbocycles. The van der Waals surface area contributed by atoms with Crippen LogP contribution in [0.2, 0.25) is 0 Å². The van der Waals surface area contributed by atoms with Crippen LogP contribution in [0.5, 0.6) is 11.6 Å². The van der Waals surface area contributed by atoms with Gasteiger partial charge in [-0.1, -0.05) is 0 Å². The maximum atomic E-state index is 13.2. The molecule has 0 saturated heterocycles. The van der Waals surface area contributed by atoms with Gasteiger partial charge in [0.05, 0.1) is 11.1 Å². The van der Waals surface area contributed by atoms with Crippen LogP contribution in [-0.4, -0.2) is 10.1 Å². The number of hydrogen-bond donors (Lipinski definition) is 1. The van der Waals surface area contributed by atoms with Crippen molar-refractivity contribution in [2.75, 3.05) is 0 Å². The Bertz CT molecular complexity index is 534. The van der Waals surface area contributed by atoms with Crippen molar-refractivity contribution >= 4 is 15.9 Å². The predicted octanol–water partition coefficient (Wildman–Crippen LogP) is 3.27. The van der Waals surface area contributed by atoms with E-state index in [0.717, 1.165) is 0 Å². The second-order valence-corrected chi connectivity index (χ2v) is 4.19. The van der Waals surface area contributed by atoms with Gasteiger partial charge in [0.15, 0.2) is 0 Å². The summed E-state index contributed by atoms with van der Waals surface area (Å²) in [6.07, 6.45) is 1.52. The normalized spacial score (nSPS) is 10.3. The van der Waals surface area contributed by atoms with Gasteiger partial charge >= 0.3 is 0 Å². The Labute approximate surface area is 106 Å². The molecule has 0 saturated carbocycles. The molecule has 0 unspecified atom stereocenters. The Morgan fingerprint density at radius 1 is 1.29 bits per heavy atom. The summed E-state index contributed by atoms with van der Waals surface area (Å²) in [4.78, 5) is 3.97. The van der Waals surface area contributed by atoms with Crippen LogP contribution in [0.15, 0.2) is 41.0 Å². The third-order valence-corrected chi connectivity index (χ3v) is 2.74. The van der Waals surface area contributed by atoms with Crippen molar-refractivity contribution in [2.45, 2.75) is 6.61 Å². The molecule has 0 spiro atoms. The lowest BCUT2D eigenvalue weighted by Gasteiger charge is -2.06. The molecule has 1 N–H and O–H groups in total. The first-order valence-electron chi connectivity index (χ1n) is 4.88. The lowest BCUT2D eigenvalue weighted by molar-refractivity contribution is 0.281. The van der Waals surface area contributed by atoms with Gasteiger partial charge in [0.2, 0.25) is 5.88 Å². The van der Waals surface area contributed by atoms with Crippen LogP contribution in [0.4, 0.5) is 4.39 Å². The molecule has 0 bridgehead atoms. The average molecular weight is 298 g/mol. The number of rotatable bonds is 3. The smallest absolute Gasteiger partial charge is 0.219 e. The average Bonchev–Trinajstić information content (AvgIpc) is 2.34. The van der Waals surface area contributed by atoms with Gasteiger partial charge in [0.25, 0.3) is 0 Å². The molecule has 2 rings (SSSR count). The van der Waals surface area contributed by atoms with Crippen molar-refractivity contribution in [3.8, 4) is 11.6 Å². The molecule has 0 radical (unpaired) electrons. The van der Waals surface area contributed by atoms with E-state index < -0.39 is 5.82 Å². The Morgan fingerprint density at radius 3 is 2.82 bits per heavy atom. The van der Waals surface area contributed by atoms with Crippen molar-refractivity contribution in [3.63, 3.8) is 0 Å². The second-order valence-electron chi connectivity index (χ2n) is 3.34. The van der Waals surface area contributed by atoms with Crippen LogP contribution in [0.3, 0.4) is 0 Å². The third kappa shape index (κ3) is 3.01. The van der Waals surface area contributed by atoms with E-state index in [2.05, 4.69) is 20.9 Å². The molecule has 1 heterocycles. The first-order chi connectivity index (χ1) is 8.19. The Morgan fingerprint density at radius 2 is 2.12 bits per heavy atom. The van der Waals surface area contributed by atoms with Gasteiger partial charge in [-0.2, -0.15) is 0 Å². The quantitative estimate of drug-likeness (QED) is 0.945. The Kier molecular flexibility index (Phi) is 3.71. The maximum absolute atomic E-state index is 13.2. The van der Waals surface area contributed by atoms with Gasteiger partial charge in [0.1, 0.15) is 11.6 Å². The van der Waals surface area contributed by atoms with Crippen molar-refractivity contribution in [2.24, 2.45) is 0 Å². The highest BCUT2D eigenvalue weighted by atomic mass is 79.9. The first kappa shape index (κ1) is 12.0. The highest BCUT2D eigenvalue weighted by Crippen LogP contribution is 2.24. The van der Waals surface area contributed by atoms with Gasteiger partial charge in [-0.15, -0.1) is 0 Å². The maximum Gasteiger partial charge on any atom is 0.219 e. The summed E-state index contributed by atoms with van der Waals surface area (Å²) >= 11 is 3.06. The summed E-state index contributed by atoms with van der Waals surface area (Å²) in [5, 5.41) is 8.96. The van der Waals surface area contributed by atoms with Crippen LogP contribution < -0.4 is 4.74 Å². The molecule has 0 fully saturated rings. The van der Waals surface area contributed by atoms with Crippen molar-refractivity contribution in [1.29, 1.82) is 0 Å². The number of aliphatic hydroxyl groups is 1. The first-order valence-corrected chi connectivity index (χ1v) is 5.67. The molecule has 3 nitrogen and oxygen atoms in total. The monoisotopic (exact) mass is 297 g/mol. The molecular weight excluding hydrogens is 289 g/mol. The molecule has 2 aromatic rings. The van der Waals surface area contributed by atoms with Gasteiger partial charge in [-0.05, 0) is 39.7 Å². The van der Waals surface area contributed by atoms with Crippen LogP contribution in [0, 0.1) is 5.82 Å². The highest BCUT2D eigenvalue weighted by Gasteiger charge is 2.04. The van der Waals surface area contributed by atoms with Crippen molar-refractivity contribution < 1.29 is 14.2 Å². The predicted molar refractivity (Wildman–Crippen MR) is 64.3 cm³/mol. The summed E-state index contributed by atoms with van der Waals surface area (Å²) in [5.41, 5.74) is 0.688. The number of halogens is 2. The van der Waals surface area contributed by atoms with Gasteiger partial charge in [-0.3, -0.25) is 0 Å². The summed E-state index contributed by atoms with van der Waals surface area (Å²) in [5.74, 6) is 0.271. The molecule has 17 heavy (non-hydrogen) atoms. The lowest BCUT2D eigenvalue weighted by Crippen LogP contribution is -1.91. The van der Waals surface area contributed by atoms with E-state index in [4.69, 9.17) is 9.84 Å². The number of ether oxygens (including phenoxy) is 1. The fraction of sp³-hybridized carbons (Fsp3) is 0.0833. The van der Waals surface area contributed by atoms with E-state index in [1.165, 1.54) is 12.3 Å². The molecule has 0 aliphatic heterocycles. The summed E-state index contributed by atoms with van der Waals surface area (Å²) < 4.78 is 19.0. The number of nitrogens with zero attached hydrogens (tertiary/aromatic N) is 1. The van der Waals surface area contributed by atoms with Crippen LogP contribution in [0.25, 0.3) is 0 Å². The summed E-state index contributed by atoms with van der Waals surface area (Å²) in [6, 6.07) is 7.72. The van der Waals surface area contributed by atoms with Gasteiger partial charge in [0, 0.05) is 18.3 Å². The molecule has 88 valence electrons.